The predicted octanol–water partition coefficient (Wildman–Crippen LogP) is 3.67. The third-order valence-corrected chi connectivity index (χ3v) is 4.32. The van der Waals surface area contributed by atoms with Crippen LogP contribution in [0.1, 0.15) is 51.4 Å². The van der Waals surface area contributed by atoms with Crippen molar-refractivity contribution in [3.05, 3.63) is 0 Å². The summed E-state index contributed by atoms with van der Waals surface area (Å²) in [4.78, 5) is 0. The van der Waals surface area contributed by atoms with Gasteiger partial charge in [-0.25, -0.2) is 0 Å². The van der Waals surface area contributed by atoms with E-state index in [1.165, 1.54) is 19.3 Å². The maximum atomic E-state index is 4.26. The van der Waals surface area contributed by atoms with Crippen LogP contribution in [0.15, 0.2) is 0 Å². The number of hydrogen-bond acceptors (Lipinski definition) is 1. The Balaban J connectivity index is 1.78. The van der Waals surface area contributed by atoms with Crippen LogP contribution < -0.4 is 0 Å². The van der Waals surface area contributed by atoms with Crippen molar-refractivity contribution in [3.63, 3.8) is 0 Å². The van der Waals surface area contributed by atoms with E-state index in [1.54, 1.807) is 32.1 Å². The van der Waals surface area contributed by atoms with E-state index < -0.39 is 0 Å². The molecule has 0 amide bonds. The van der Waals surface area contributed by atoms with Gasteiger partial charge in [-0.2, -0.15) is 12.6 Å². The minimum atomic E-state index is 0.827. The molecule has 2 aliphatic carbocycles. The highest BCUT2D eigenvalue weighted by Gasteiger charge is 2.43. The first-order valence-electron chi connectivity index (χ1n) is 5.46. The third-order valence-electron chi connectivity index (χ3n) is 4.00. The molecule has 2 fully saturated rings. The van der Waals surface area contributed by atoms with Crippen LogP contribution in [-0.2, 0) is 0 Å². The molecule has 2 rings (SSSR count). The van der Waals surface area contributed by atoms with Crippen molar-refractivity contribution in [2.24, 2.45) is 11.3 Å². The highest BCUT2D eigenvalue weighted by molar-refractivity contribution is 7.80. The molecule has 70 valence electrons. The molecule has 0 atom stereocenters. The van der Waals surface area contributed by atoms with Crippen molar-refractivity contribution >= 4 is 12.6 Å². The van der Waals surface area contributed by atoms with E-state index in [0.29, 0.717) is 0 Å². The summed E-state index contributed by atoms with van der Waals surface area (Å²) in [5.41, 5.74) is 0.827. The molecule has 0 nitrogen and oxygen atoms in total. The van der Waals surface area contributed by atoms with Crippen molar-refractivity contribution in [2.75, 3.05) is 5.75 Å². The molecule has 0 aromatic rings. The monoisotopic (exact) mass is 184 g/mol. The Morgan fingerprint density at radius 2 is 1.92 bits per heavy atom. The average molecular weight is 184 g/mol. The number of rotatable bonds is 4. The number of hydrogen-bond donors (Lipinski definition) is 1. The fraction of sp³-hybridized carbons (Fsp3) is 1.00. The van der Waals surface area contributed by atoms with E-state index in [4.69, 9.17) is 0 Å². The maximum absolute atomic E-state index is 4.26. The molecule has 1 heteroatoms. The molecule has 0 aliphatic heterocycles. The molecular weight excluding hydrogens is 164 g/mol. The van der Waals surface area contributed by atoms with Crippen molar-refractivity contribution in [1.82, 2.24) is 0 Å². The summed E-state index contributed by atoms with van der Waals surface area (Å²) in [5.74, 6) is 2.21. The zero-order chi connectivity index (χ0) is 8.44. The van der Waals surface area contributed by atoms with Crippen LogP contribution in [0.2, 0.25) is 0 Å². The van der Waals surface area contributed by atoms with Gasteiger partial charge in [-0.05, 0) is 62.0 Å². The topological polar surface area (TPSA) is 0 Å². The largest absolute Gasteiger partial charge is 0.179 e. The van der Waals surface area contributed by atoms with Crippen LogP contribution in [0.5, 0.6) is 0 Å². The van der Waals surface area contributed by atoms with Gasteiger partial charge in [0.25, 0.3) is 0 Å². The van der Waals surface area contributed by atoms with Crippen molar-refractivity contribution in [2.45, 2.75) is 51.4 Å². The summed E-state index contributed by atoms with van der Waals surface area (Å²) in [6.07, 6.45) is 12.0. The van der Waals surface area contributed by atoms with Crippen molar-refractivity contribution < 1.29 is 0 Å². The van der Waals surface area contributed by atoms with Gasteiger partial charge >= 0.3 is 0 Å². The molecule has 2 bridgehead atoms. The van der Waals surface area contributed by atoms with Gasteiger partial charge in [-0.3, -0.25) is 0 Å². The Morgan fingerprint density at radius 1 is 1.17 bits per heavy atom. The van der Waals surface area contributed by atoms with E-state index in [2.05, 4.69) is 12.6 Å². The van der Waals surface area contributed by atoms with Gasteiger partial charge < -0.3 is 0 Å². The molecule has 0 spiro atoms. The van der Waals surface area contributed by atoms with E-state index in [0.717, 1.165) is 17.1 Å². The van der Waals surface area contributed by atoms with E-state index in [-0.39, 0.29) is 0 Å². The minimum Gasteiger partial charge on any atom is -0.179 e. The van der Waals surface area contributed by atoms with E-state index >= 15 is 0 Å². The molecule has 0 aromatic carbocycles. The van der Waals surface area contributed by atoms with E-state index in [9.17, 15) is 0 Å². The summed E-state index contributed by atoms with van der Waals surface area (Å²) in [6.45, 7) is 0. The predicted molar refractivity (Wildman–Crippen MR) is 56.7 cm³/mol. The lowest BCUT2D eigenvalue weighted by Gasteiger charge is -2.26. The molecule has 0 N–H and O–H groups in total. The standard InChI is InChI=1S/C11H20S/c12-8-2-1-5-11-6-3-10(9-11)4-7-11/h10,12H,1-9H2. The fourth-order valence-corrected chi connectivity index (χ4v) is 3.50. The molecule has 2 aliphatic rings. The van der Waals surface area contributed by atoms with Gasteiger partial charge in [0.2, 0.25) is 0 Å². The third kappa shape index (κ3) is 1.66. The molecule has 0 radical (unpaired) electrons. The summed E-state index contributed by atoms with van der Waals surface area (Å²) in [6, 6.07) is 0. The molecule has 2 saturated carbocycles. The first-order valence-corrected chi connectivity index (χ1v) is 6.09. The molecule has 0 unspecified atom stereocenters. The zero-order valence-electron chi connectivity index (χ0n) is 7.89. The van der Waals surface area contributed by atoms with Crippen LogP contribution in [-0.4, -0.2) is 5.75 Å². The quantitative estimate of drug-likeness (QED) is 0.500. The van der Waals surface area contributed by atoms with Crippen LogP contribution in [0.25, 0.3) is 0 Å². The molecule has 0 saturated heterocycles. The van der Waals surface area contributed by atoms with Crippen LogP contribution >= 0.6 is 12.6 Å². The van der Waals surface area contributed by atoms with Gasteiger partial charge in [-0.1, -0.05) is 6.42 Å². The van der Waals surface area contributed by atoms with Crippen molar-refractivity contribution in [3.8, 4) is 0 Å². The van der Waals surface area contributed by atoms with Crippen molar-refractivity contribution in [1.29, 1.82) is 0 Å². The highest BCUT2D eigenvalue weighted by atomic mass is 32.1. The molecule has 12 heavy (non-hydrogen) atoms. The highest BCUT2D eigenvalue weighted by Crippen LogP contribution is 2.56. The van der Waals surface area contributed by atoms with Crippen LogP contribution in [0.3, 0.4) is 0 Å². The Hall–Kier alpha value is 0.350. The second kappa shape index (κ2) is 3.61. The Kier molecular flexibility index (Phi) is 2.69. The van der Waals surface area contributed by atoms with Gasteiger partial charge in [0.1, 0.15) is 0 Å². The second-order valence-electron chi connectivity index (χ2n) is 4.83. The molecular formula is C11H20S. The second-order valence-corrected chi connectivity index (χ2v) is 5.28. The summed E-state index contributed by atoms with van der Waals surface area (Å²) < 4.78 is 0. The average Bonchev–Trinajstić information content (AvgIpc) is 2.64. The Bertz CT molecular complexity index is 145. The fourth-order valence-electron chi connectivity index (χ4n) is 3.27. The number of unbranched alkanes of at least 4 members (excludes halogenated alkanes) is 1. The van der Waals surface area contributed by atoms with Crippen LogP contribution in [0.4, 0.5) is 0 Å². The van der Waals surface area contributed by atoms with E-state index in [1.807, 2.05) is 0 Å². The normalized spacial score (nSPS) is 39.2. The lowest BCUT2D eigenvalue weighted by molar-refractivity contribution is 0.263. The first-order chi connectivity index (χ1) is 5.85. The van der Waals surface area contributed by atoms with Gasteiger partial charge in [-0.15, -0.1) is 0 Å². The first kappa shape index (κ1) is 8.93. The zero-order valence-corrected chi connectivity index (χ0v) is 8.78. The lowest BCUT2D eigenvalue weighted by atomic mass is 9.80. The minimum absolute atomic E-state index is 0.827. The van der Waals surface area contributed by atoms with Gasteiger partial charge in [0.05, 0.1) is 0 Å². The SMILES string of the molecule is SCCCCC12CCC(CC1)C2. The Labute approximate surface area is 81.5 Å². The maximum Gasteiger partial charge on any atom is -0.00979 e. The number of fused-ring (bicyclic) bond motifs is 2. The smallest absolute Gasteiger partial charge is 0.00979 e. The summed E-state index contributed by atoms with van der Waals surface area (Å²) >= 11 is 4.26. The molecule has 0 heterocycles. The van der Waals surface area contributed by atoms with Gasteiger partial charge in [0.15, 0.2) is 0 Å². The molecule has 0 aromatic heterocycles. The lowest BCUT2D eigenvalue weighted by Crippen LogP contribution is -2.13. The Morgan fingerprint density at radius 3 is 2.42 bits per heavy atom. The summed E-state index contributed by atoms with van der Waals surface area (Å²) in [7, 11) is 0. The van der Waals surface area contributed by atoms with Crippen LogP contribution in [0, 0.1) is 11.3 Å². The van der Waals surface area contributed by atoms with Gasteiger partial charge in [0, 0.05) is 0 Å². The summed E-state index contributed by atoms with van der Waals surface area (Å²) in [5, 5.41) is 0. The number of thiol groups is 1.